The molecule has 1 radical (unpaired) electrons. The monoisotopic (exact) mass is 788 g/mol. The smallest absolute Gasteiger partial charge is 0.216 e. The van der Waals surface area contributed by atoms with Gasteiger partial charge in [0.15, 0.2) is 0 Å². The molecule has 0 saturated carbocycles. The third-order valence-electron chi connectivity index (χ3n) is 7.06. The molecule has 0 amide bonds. The van der Waals surface area contributed by atoms with Crippen LogP contribution in [0.4, 0.5) is 0 Å². The van der Waals surface area contributed by atoms with Crippen molar-refractivity contribution in [3.63, 3.8) is 0 Å². The zero-order valence-electron chi connectivity index (χ0n) is 33.7. The summed E-state index contributed by atoms with van der Waals surface area (Å²) in [6, 6.07) is 35.5. The first-order valence-corrected chi connectivity index (χ1v) is 14.7. The van der Waals surface area contributed by atoms with E-state index in [-0.39, 0.29) is 37.1 Å². The van der Waals surface area contributed by atoms with Crippen LogP contribution in [0.2, 0.25) is 0 Å². The second-order valence-electron chi connectivity index (χ2n) is 11.7. The number of rotatable bonds is 5. The van der Waals surface area contributed by atoms with E-state index in [0.29, 0.717) is 45.2 Å². The molecule has 3 aromatic carbocycles. The Morgan fingerprint density at radius 2 is 1.63 bits per heavy atom. The summed E-state index contributed by atoms with van der Waals surface area (Å²) in [4.78, 5) is 12.9. The van der Waals surface area contributed by atoms with E-state index in [1.807, 2.05) is 75.4 Å². The predicted octanol–water partition coefficient (Wildman–Crippen LogP) is 10.2. The van der Waals surface area contributed by atoms with Gasteiger partial charge in [0.05, 0.1) is 5.58 Å². The van der Waals surface area contributed by atoms with Gasteiger partial charge in [-0.2, -0.15) is 0 Å². The zero-order valence-corrected chi connectivity index (χ0v) is 28.1. The molecule has 46 heavy (non-hydrogen) atoms. The van der Waals surface area contributed by atoms with Crippen LogP contribution < -0.4 is 0 Å². The number of nitrogens with zero attached hydrogens (tertiary/aromatic N) is 3. The van der Waals surface area contributed by atoms with Gasteiger partial charge in [0.1, 0.15) is 0 Å². The molecule has 0 saturated heterocycles. The van der Waals surface area contributed by atoms with Crippen molar-refractivity contribution in [2.45, 2.75) is 47.3 Å². The Bertz CT molecular complexity index is 2310. The molecule has 4 heterocycles. The fourth-order valence-electron chi connectivity index (χ4n) is 5.03. The molecule has 4 nitrogen and oxygen atoms in total. The van der Waals surface area contributed by atoms with Crippen LogP contribution in [0.15, 0.2) is 114 Å². The number of aromatic nitrogens is 3. The van der Waals surface area contributed by atoms with Gasteiger partial charge in [0.25, 0.3) is 0 Å². The van der Waals surface area contributed by atoms with Crippen molar-refractivity contribution >= 4 is 22.1 Å². The molecule has 233 valence electrons. The average molecular weight is 788 g/mol. The minimum Gasteiger partial charge on any atom is -0.486 e. The van der Waals surface area contributed by atoms with Crippen LogP contribution in [0.3, 0.4) is 0 Å². The molecular weight excluding hydrogens is 743 g/mol. The van der Waals surface area contributed by atoms with Crippen LogP contribution >= 0.6 is 0 Å². The first-order chi connectivity index (χ1) is 24.9. The van der Waals surface area contributed by atoms with E-state index in [9.17, 15) is 0 Å². The van der Waals surface area contributed by atoms with Crippen LogP contribution in [0.25, 0.3) is 44.6 Å². The van der Waals surface area contributed by atoms with E-state index in [0.717, 1.165) is 16.8 Å². The van der Waals surface area contributed by atoms with Gasteiger partial charge in [-0.05, 0) is 83.8 Å². The van der Waals surface area contributed by atoms with E-state index in [1.165, 1.54) is 12.3 Å². The van der Waals surface area contributed by atoms with Crippen LogP contribution in [-0.2, 0) is 32.9 Å². The summed E-state index contributed by atoms with van der Waals surface area (Å²) < 4.78 is 70.3. The first-order valence-electron chi connectivity index (χ1n) is 18.7. The minimum atomic E-state index is -2.39. The predicted molar refractivity (Wildman–Crippen MR) is 184 cm³/mol. The zero-order chi connectivity index (χ0) is 38.2. The van der Waals surface area contributed by atoms with E-state index in [2.05, 4.69) is 27.1 Å². The molecular formula is C41H37IrN3O-2. The summed E-state index contributed by atoms with van der Waals surface area (Å²) in [5.74, 6) is 0. The molecule has 0 aliphatic carbocycles. The van der Waals surface area contributed by atoms with Crippen LogP contribution in [0.1, 0.15) is 59.7 Å². The van der Waals surface area contributed by atoms with Crippen LogP contribution in [0, 0.1) is 31.3 Å². The Balaban J connectivity index is 0.000000365. The van der Waals surface area contributed by atoms with E-state index < -0.39 is 25.5 Å². The maximum Gasteiger partial charge on any atom is 0.216 e. The van der Waals surface area contributed by atoms with Gasteiger partial charge < -0.3 is 14.4 Å². The van der Waals surface area contributed by atoms with Crippen molar-refractivity contribution in [3.8, 4) is 22.5 Å². The largest absolute Gasteiger partial charge is 0.486 e. The Labute approximate surface area is 296 Å². The number of pyridine rings is 3. The molecule has 5 heteroatoms. The van der Waals surface area contributed by atoms with Crippen molar-refractivity contribution in [2.75, 3.05) is 0 Å². The Kier molecular flexibility index (Phi) is 7.42. The SMILES string of the molecule is [2H]C([2H])([2H])c1ccc2c(n1)oc1c(-c3cc(Cc4ccc(C([2H])([2H])C(C)(C)C)cc4)c(C([2H])([2H])[2H])cn3)[c-]ccc12.[Ir].[c-]1ccccc1-c1ccccn1. The van der Waals surface area contributed by atoms with Crippen LogP contribution in [-0.4, -0.2) is 15.0 Å². The van der Waals surface area contributed by atoms with Gasteiger partial charge >= 0.3 is 0 Å². The molecule has 0 bridgehead atoms. The number of hydrogen-bond donors (Lipinski definition) is 0. The fourth-order valence-corrected chi connectivity index (χ4v) is 5.03. The van der Waals surface area contributed by atoms with Crippen molar-refractivity contribution in [1.29, 1.82) is 0 Å². The van der Waals surface area contributed by atoms with Gasteiger partial charge in [-0.3, -0.25) is 0 Å². The number of hydrogen-bond acceptors (Lipinski definition) is 4. The molecule has 0 unspecified atom stereocenters. The first kappa shape index (κ1) is 23.8. The van der Waals surface area contributed by atoms with E-state index in [4.69, 9.17) is 15.4 Å². The van der Waals surface area contributed by atoms with Gasteiger partial charge in [0, 0.05) is 54.5 Å². The number of aryl methyl sites for hydroxylation is 2. The molecule has 7 rings (SSSR count). The van der Waals surface area contributed by atoms with Gasteiger partial charge in [-0.25, -0.2) is 4.98 Å². The Hall–Kier alpha value is -4.44. The van der Waals surface area contributed by atoms with Gasteiger partial charge in [-0.1, -0.05) is 74.2 Å². The Morgan fingerprint density at radius 3 is 2.35 bits per heavy atom. The standard InChI is InChI=1S/C30H29N2O.C11H8N.Ir/c1-19-18-31-27(16-23(19)15-21-10-12-22(13-11-21)17-30(3,4)5)26-8-6-7-24-25-14-9-20(2)32-29(25)33-28(24)26;1-2-6-10(7-3-1)11-8-4-5-9-12-11;/h6-7,9-14,16,18H,15,17H2,1-5H3;1-6,8-9H;/q2*-1;/i1D3,2D3,17D2;;. The third-order valence-corrected chi connectivity index (χ3v) is 7.06. The summed E-state index contributed by atoms with van der Waals surface area (Å²) >= 11 is 0. The molecule has 0 spiro atoms. The molecule has 0 N–H and O–H groups in total. The number of furan rings is 1. The maximum atomic E-state index is 8.54. The van der Waals surface area contributed by atoms with E-state index >= 15 is 0 Å². The average Bonchev–Trinajstić information content (AvgIpc) is 3.50. The van der Waals surface area contributed by atoms with Crippen molar-refractivity contribution in [3.05, 3.63) is 150 Å². The fraction of sp³-hybridized carbons (Fsp3) is 0.195. The van der Waals surface area contributed by atoms with E-state index in [1.54, 1.807) is 42.6 Å². The topological polar surface area (TPSA) is 51.8 Å². The van der Waals surface area contributed by atoms with Crippen molar-refractivity contribution < 1.29 is 35.5 Å². The second-order valence-corrected chi connectivity index (χ2v) is 11.7. The number of fused-ring (bicyclic) bond motifs is 3. The summed E-state index contributed by atoms with van der Waals surface area (Å²) in [7, 11) is 0. The summed E-state index contributed by atoms with van der Waals surface area (Å²) in [5, 5.41) is 1.36. The maximum absolute atomic E-state index is 8.54. The molecule has 0 aliphatic rings. The van der Waals surface area contributed by atoms with Gasteiger partial charge in [-0.15, -0.1) is 54.1 Å². The normalized spacial score (nSPS) is 14.6. The van der Waals surface area contributed by atoms with Gasteiger partial charge in [0.2, 0.25) is 5.71 Å². The Morgan fingerprint density at radius 1 is 0.804 bits per heavy atom. The van der Waals surface area contributed by atoms with Crippen LogP contribution in [0.5, 0.6) is 0 Å². The third kappa shape index (κ3) is 7.85. The summed E-state index contributed by atoms with van der Waals surface area (Å²) in [6.07, 6.45) is 1.89. The minimum absolute atomic E-state index is 0. The molecule has 0 aliphatic heterocycles. The molecule has 7 aromatic rings. The quantitative estimate of drug-likeness (QED) is 0.163. The molecule has 0 atom stereocenters. The molecule has 0 fully saturated rings. The number of benzene rings is 3. The summed E-state index contributed by atoms with van der Waals surface area (Å²) in [5.41, 5.74) is 4.96. The van der Waals surface area contributed by atoms with Crippen molar-refractivity contribution in [2.24, 2.45) is 5.41 Å². The second kappa shape index (κ2) is 14.3. The van der Waals surface area contributed by atoms with Crippen molar-refractivity contribution in [1.82, 2.24) is 15.0 Å². The summed E-state index contributed by atoms with van der Waals surface area (Å²) in [6.45, 7) is 0.782. The molecule has 4 aromatic heterocycles.